The van der Waals surface area contributed by atoms with Gasteiger partial charge in [-0.05, 0) is 99.0 Å². The minimum atomic E-state index is -0.146. The lowest BCUT2D eigenvalue weighted by molar-refractivity contribution is -0.149. The first-order valence-electron chi connectivity index (χ1n) is 13.9. The first-order chi connectivity index (χ1) is 17.0. The zero-order valence-corrected chi connectivity index (χ0v) is 20.8. The monoisotopic (exact) mass is 475 g/mol. The Morgan fingerprint density at radius 3 is 2.86 bits per heavy atom. The SMILES string of the molecule is CCOC(=O)C1CCCCC1c1cn2c(C(=O)NCC34CC5CC6CC(C3)C4(C6)C5)cccc2n1. The Bertz CT molecular complexity index is 1180. The number of pyridine rings is 1. The number of nitrogens with one attached hydrogen (secondary N) is 1. The molecule has 0 radical (unpaired) electrons. The van der Waals surface area contributed by atoms with Crippen LogP contribution in [0.4, 0.5) is 0 Å². The highest BCUT2D eigenvalue weighted by Gasteiger charge is 2.73. The molecule has 2 aromatic heterocycles. The van der Waals surface area contributed by atoms with Gasteiger partial charge < -0.3 is 10.1 Å². The third-order valence-corrected chi connectivity index (χ3v) is 10.8. The Morgan fingerprint density at radius 1 is 1.11 bits per heavy atom. The van der Waals surface area contributed by atoms with E-state index in [1.54, 1.807) is 0 Å². The lowest BCUT2D eigenvalue weighted by Crippen LogP contribution is -2.57. The summed E-state index contributed by atoms with van der Waals surface area (Å²) in [5.41, 5.74) is 3.19. The average Bonchev–Trinajstić information content (AvgIpc) is 3.44. The number of aromatic nitrogens is 2. The van der Waals surface area contributed by atoms with Crippen LogP contribution in [0.5, 0.6) is 0 Å². The normalized spacial score (nSPS) is 38.8. The minimum absolute atomic E-state index is 0.00430. The number of fused-ring (bicyclic) bond motifs is 3. The molecule has 0 aromatic carbocycles. The maximum absolute atomic E-state index is 13.5. The number of amides is 1. The van der Waals surface area contributed by atoms with Crippen LogP contribution >= 0.6 is 0 Å². The van der Waals surface area contributed by atoms with Gasteiger partial charge in [-0.15, -0.1) is 0 Å². The van der Waals surface area contributed by atoms with E-state index in [0.29, 0.717) is 23.1 Å². The van der Waals surface area contributed by atoms with Gasteiger partial charge in [0.25, 0.3) is 5.91 Å². The summed E-state index contributed by atoms with van der Waals surface area (Å²) in [6.07, 6.45) is 14.2. The summed E-state index contributed by atoms with van der Waals surface area (Å²) in [6.45, 7) is 3.08. The van der Waals surface area contributed by atoms with E-state index in [1.807, 2.05) is 35.7 Å². The van der Waals surface area contributed by atoms with Gasteiger partial charge in [-0.3, -0.25) is 14.0 Å². The van der Waals surface area contributed by atoms with Crippen molar-refractivity contribution in [1.29, 1.82) is 0 Å². The second-order valence-corrected chi connectivity index (χ2v) is 12.4. The molecule has 0 saturated heterocycles. The van der Waals surface area contributed by atoms with Gasteiger partial charge in [-0.1, -0.05) is 18.9 Å². The highest BCUT2D eigenvalue weighted by Crippen LogP contribution is 2.81. The molecule has 1 spiro atoms. The van der Waals surface area contributed by atoms with Gasteiger partial charge >= 0.3 is 5.97 Å². The van der Waals surface area contributed by atoms with Crippen LogP contribution in [-0.2, 0) is 9.53 Å². The maximum atomic E-state index is 13.5. The van der Waals surface area contributed by atoms with Crippen LogP contribution in [0.25, 0.3) is 5.65 Å². The molecule has 2 aromatic rings. The van der Waals surface area contributed by atoms with E-state index in [2.05, 4.69) is 5.32 Å². The molecule has 0 aliphatic heterocycles. The van der Waals surface area contributed by atoms with Gasteiger partial charge in [0.15, 0.2) is 0 Å². The molecule has 1 N–H and O–H groups in total. The molecule has 1 amide bonds. The van der Waals surface area contributed by atoms with E-state index in [4.69, 9.17) is 9.72 Å². The second kappa shape index (κ2) is 7.81. The van der Waals surface area contributed by atoms with Crippen molar-refractivity contribution in [3.8, 4) is 0 Å². The zero-order valence-electron chi connectivity index (χ0n) is 20.8. The fourth-order valence-corrected chi connectivity index (χ4v) is 9.65. The Hall–Kier alpha value is -2.37. The highest BCUT2D eigenvalue weighted by atomic mass is 16.5. The number of ether oxygens (including phenoxy) is 1. The third-order valence-electron chi connectivity index (χ3n) is 10.8. The molecule has 7 rings (SSSR count). The molecule has 2 heterocycles. The topological polar surface area (TPSA) is 72.7 Å². The standard InChI is InChI=1S/C29H37N3O3/c1-2-35-27(34)22-7-4-3-6-21(22)23-16-32-24(8-5-9-25(32)31-23)26(33)30-17-28-12-19-10-18-11-20(15-28)29(28,13-18)14-19/h5,8-9,16,18-22H,2-4,6-7,10-15,17H2,1H3,(H,30,33). The molecule has 5 fully saturated rings. The predicted octanol–water partition coefficient (Wildman–Crippen LogP) is 5.12. The number of esters is 1. The largest absolute Gasteiger partial charge is 0.466 e. The molecule has 5 aliphatic rings. The maximum Gasteiger partial charge on any atom is 0.309 e. The smallest absolute Gasteiger partial charge is 0.309 e. The molecule has 186 valence electrons. The first kappa shape index (κ1) is 21.9. The highest BCUT2D eigenvalue weighted by molar-refractivity contribution is 5.93. The Kier molecular flexibility index (Phi) is 4.88. The molecule has 7 atom stereocenters. The summed E-state index contributed by atoms with van der Waals surface area (Å²) in [7, 11) is 0. The van der Waals surface area contributed by atoms with Crippen molar-refractivity contribution in [2.45, 2.75) is 77.0 Å². The van der Waals surface area contributed by atoms with Crippen molar-refractivity contribution >= 4 is 17.5 Å². The minimum Gasteiger partial charge on any atom is -0.466 e. The molecule has 35 heavy (non-hydrogen) atoms. The fourth-order valence-electron chi connectivity index (χ4n) is 9.65. The van der Waals surface area contributed by atoms with Crippen LogP contribution in [-0.4, -0.2) is 34.4 Å². The van der Waals surface area contributed by atoms with Crippen LogP contribution in [0.2, 0.25) is 0 Å². The van der Waals surface area contributed by atoms with Crippen LogP contribution in [0.3, 0.4) is 0 Å². The van der Waals surface area contributed by atoms with Gasteiger partial charge in [-0.25, -0.2) is 4.98 Å². The quantitative estimate of drug-likeness (QED) is 0.589. The summed E-state index contributed by atoms with van der Waals surface area (Å²) in [5, 5.41) is 3.37. The first-order valence-corrected chi connectivity index (χ1v) is 13.9. The van der Waals surface area contributed by atoms with Crippen molar-refractivity contribution in [3.05, 3.63) is 35.8 Å². The van der Waals surface area contributed by atoms with Crippen molar-refractivity contribution in [2.75, 3.05) is 13.2 Å². The van der Waals surface area contributed by atoms with Gasteiger partial charge in [0.05, 0.1) is 18.2 Å². The number of carbonyl (C=O) groups excluding carboxylic acids is 2. The second-order valence-electron chi connectivity index (χ2n) is 12.4. The summed E-state index contributed by atoms with van der Waals surface area (Å²) in [6, 6.07) is 5.77. The zero-order chi connectivity index (χ0) is 23.8. The number of carbonyl (C=O) groups is 2. The Morgan fingerprint density at radius 2 is 1.97 bits per heavy atom. The van der Waals surface area contributed by atoms with E-state index in [0.717, 1.165) is 61.3 Å². The van der Waals surface area contributed by atoms with Crippen LogP contribution in [0.15, 0.2) is 24.4 Å². The summed E-state index contributed by atoms with van der Waals surface area (Å²) < 4.78 is 7.31. The Balaban J connectivity index is 1.12. The van der Waals surface area contributed by atoms with Crippen molar-refractivity contribution in [2.24, 2.45) is 34.5 Å². The van der Waals surface area contributed by atoms with E-state index in [9.17, 15) is 9.59 Å². The van der Waals surface area contributed by atoms with E-state index >= 15 is 0 Å². The lowest BCUT2D eigenvalue weighted by Gasteiger charge is -2.59. The van der Waals surface area contributed by atoms with Crippen LogP contribution in [0, 0.1) is 34.5 Å². The predicted molar refractivity (Wildman–Crippen MR) is 132 cm³/mol. The van der Waals surface area contributed by atoms with Gasteiger partial charge in [-0.2, -0.15) is 0 Å². The molecular weight excluding hydrogens is 438 g/mol. The summed E-state index contributed by atoms with van der Waals surface area (Å²) in [5.74, 6) is 2.55. The van der Waals surface area contributed by atoms with Crippen molar-refractivity contribution < 1.29 is 14.3 Å². The fraction of sp³-hybridized carbons (Fsp3) is 0.690. The number of rotatable bonds is 6. The molecule has 6 nitrogen and oxygen atoms in total. The van der Waals surface area contributed by atoms with E-state index in [-0.39, 0.29) is 23.7 Å². The molecule has 5 saturated carbocycles. The third kappa shape index (κ3) is 3.10. The van der Waals surface area contributed by atoms with Crippen LogP contribution in [0.1, 0.15) is 93.2 Å². The van der Waals surface area contributed by atoms with Crippen molar-refractivity contribution in [1.82, 2.24) is 14.7 Å². The summed E-state index contributed by atoms with van der Waals surface area (Å²) in [4.78, 5) is 31.0. The molecule has 6 heteroatoms. The molecule has 3 bridgehead atoms. The average molecular weight is 476 g/mol. The Labute approximate surface area is 207 Å². The molecule has 5 aliphatic carbocycles. The number of imidazole rings is 1. The van der Waals surface area contributed by atoms with Crippen LogP contribution < -0.4 is 5.32 Å². The van der Waals surface area contributed by atoms with Gasteiger partial charge in [0.2, 0.25) is 0 Å². The summed E-state index contributed by atoms with van der Waals surface area (Å²) >= 11 is 0. The van der Waals surface area contributed by atoms with Crippen molar-refractivity contribution in [3.63, 3.8) is 0 Å². The number of hydrogen-bond donors (Lipinski definition) is 1. The number of nitrogens with zero attached hydrogens (tertiary/aromatic N) is 2. The van der Waals surface area contributed by atoms with Gasteiger partial charge in [0, 0.05) is 18.7 Å². The lowest BCUT2D eigenvalue weighted by atomic mass is 9.46. The molecule has 7 unspecified atom stereocenters. The van der Waals surface area contributed by atoms with Gasteiger partial charge in [0.1, 0.15) is 11.3 Å². The van der Waals surface area contributed by atoms with E-state index in [1.165, 1.54) is 38.5 Å². The van der Waals surface area contributed by atoms with E-state index < -0.39 is 0 Å². The number of hydrogen-bond acceptors (Lipinski definition) is 4. The molecular formula is C29H37N3O3.